The smallest absolute Gasteiger partial charge is 0.331 e. The van der Waals surface area contributed by atoms with E-state index in [9.17, 15) is 9.59 Å². The Morgan fingerprint density at radius 1 is 1.50 bits per heavy atom. The minimum Gasteiger partial charge on any atom is -0.478 e. The van der Waals surface area contributed by atoms with Crippen LogP contribution in [-0.2, 0) is 9.59 Å². The summed E-state index contributed by atoms with van der Waals surface area (Å²) in [6, 6.07) is 0. The molecule has 1 aliphatic heterocycles. The van der Waals surface area contributed by atoms with E-state index in [-0.39, 0.29) is 5.91 Å². The molecule has 1 amide bonds. The molecule has 1 heterocycles. The van der Waals surface area contributed by atoms with Gasteiger partial charge in [0, 0.05) is 25.1 Å². The molecule has 1 rings (SSSR count). The zero-order valence-corrected chi connectivity index (χ0v) is 11.5. The van der Waals surface area contributed by atoms with Gasteiger partial charge in [-0.05, 0) is 31.6 Å². The van der Waals surface area contributed by atoms with Gasteiger partial charge in [0.15, 0.2) is 0 Å². The second kappa shape index (κ2) is 6.57. The number of carbonyl (C=O) groups is 2. The summed E-state index contributed by atoms with van der Waals surface area (Å²) in [5.41, 5.74) is 0.299. The summed E-state index contributed by atoms with van der Waals surface area (Å²) in [6.07, 6.45) is 4.18. The normalized spacial score (nSPS) is 22.2. The number of nitrogens with zero attached hydrogens (tertiary/aromatic N) is 1. The first-order chi connectivity index (χ1) is 8.41. The molecular weight excluding hydrogens is 230 g/mol. The fourth-order valence-corrected chi connectivity index (χ4v) is 2.25. The lowest BCUT2D eigenvalue weighted by molar-refractivity contribution is -0.133. The Labute approximate surface area is 109 Å². The van der Waals surface area contributed by atoms with Crippen LogP contribution >= 0.6 is 0 Å². The van der Waals surface area contributed by atoms with Crippen LogP contribution in [0.25, 0.3) is 0 Å². The van der Waals surface area contributed by atoms with E-state index >= 15 is 0 Å². The molecule has 1 saturated heterocycles. The van der Waals surface area contributed by atoms with Gasteiger partial charge < -0.3 is 10.0 Å². The number of carboxylic acid groups (broad SMARTS) is 1. The second-order valence-corrected chi connectivity index (χ2v) is 5.36. The van der Waals surface area contributed by atoms with Crippen LogP contribution in [0.2, 0.25) is 0 Å². The molecule has 1 aliphatic rings. The molecule has 1 fully saturated rings. The van der Waals surface area contributed by atoms with Gasteiger partial charge in [0.2, 0.25) is 5.91 Å². The van der Waals surface area contributed by atoms with Crippen LogP contribution in [0.3, 0.4) is 0 Å². The van der Waals surface area contributed by atoms with Crippen molar-refractivity contribution >= 4 is 11.9 Å². The largest absolute Gasteiger partial charge is 0.478 e. The maximum absolute atomic E-state index is 11.9. The van der Waals surface area contributed by atoms with Crippen molar-refractivity contribution in [2.45, 2.75) is 40.0 Å². The number of amides is 1. The SMILES string of the molecule is CC(=CCN1CCC(C(C)C)CCC1=O)C(=O)O. The molecule has 0 saturated carbocycles. The maximum atomic E-state index is 11.9. The molecule has 4 heteroatoms. The minimum atomic E-state index is -0.919. The summed E-state index contributed by atoms with van der Waals surface area (Å²) < 4.78 is 0. The molecule has 1 atom stereocenters. The fraction of sp³-hybridized carbons (Fsp3) is 0.714. The summed E-state index contributed by atoms with van der Waals surface area (Å²) >= 11 is 0. The van der Waals surface area contributed by atoms with Gasteiger partial charge in [-0.25, -0.2) is 4.79 Å². The molecule has 4 nitrogen and oxygen atoms in total. The first-order valence-electron chi connectivity index (χ1n) is 6.59. The summed E-state index contributed by atoms with van der Waals surface area (Å²) in [4.78, 5) is 24.4. The van der Waals surface area contributed by atoms with E-state index in [0.29, 0.717) is 30.4 Å². The van der Waals surface area contributed by atoms with Crippen LogP contribution in [0.15, 0.2) is 11.6 Å². The lowest BCUT2D eigenvalue weighted by Gasteiger charge is -2.20. The third kappa shape index (κ3) is 4.17. The van der Waals surface area contributed by atoms with Crippen molar-refractivity contribution in [2.24, 2.45) is 11.8 Å². The highest BCUT2D eigenvalue weighted by molar-refractivity contribution is 5.86. The van der Waals surface area contributed by atoms with Gasteiger partial charge in [0.1, 0.15) is 0 Å². The predicted octanol–water partition coefficient (Wildman–Crippen LogP) is 2.30. The average Bonchev–Trinajstić information content (AvgIpc) is 2.48. The zero-order valence-electron chi connectivity index (χ0n) is 11.5. The quantitative estimate of drug-likeness (QED) is 0.782. The van der Waals surface area contributed by atoms with Crippen molar-refractivity contribution in [2.75, 3.05) is 13.1 Å². The molecule has 0 aromatic heterocycles. The van der Waals surface area contributed by atoms with E-state index in [0.717, 1.165) is 19.4 Å². The molecule has 0 radical (unpaired) electrons. The van der Waals surface area contributed by atoms with E-state index in [1.165, 1.54) is 0 Å². The number of hydrogen-bond donors (Lipinski definition) is 1. The predicted molar refractivity (Wildman–Crippen MR) is 70.2 cm³/mol. The van der Waals surface area contributed by atoms with Crippen LogP contribution in [-0.4, -0.2) is 35.0 Å². The number of rotatable bonds is 4. The highest BCUT2D eigenvalue weighted by atomic mass is 16.4. The van der Waals surface area contributed by atoms with Crippen molar-refractivity contribution < 1.29 is 14.7 Å². The van der Waals surface area contributed by atoms with Gasteiger partial charge in [0.05, 0.1) is 0 Å². The number of carboxylic acids is 1. The van der Waals surface area contributed by atoms with E-state index in [4.69, 9.17) is 5.11 Å². The summed E-state index contributed by atoms with van der Waals surface area (Å²) in [5.74, 6) is 0.433. The number of carbonyl (C=O) groups excluding carboxylic acids is 1. The average molecular weight is 253 g/mol. The Kier molecular flexibility index (Phi) is 5.38. The molecule has 1 N–H and O–H groups in total. The van der Waals surface area contributed by atoms with Crippen molar-refractivity contribution in [3.05, 3.63) is 11.6 Å². The van der Waals surface area contributed by atoms with Crippen molar-refractivity contribution in [3.8, 4) is 0 Å². The van der Waals surface area contributed by atoms with E-state index in [2.05, 4.69) is 13.8 Å². The Balaban J connectivity index is 2.59. The molecule has 0 aliphatic carbocycles. The van der Waals surface area contributed by atoms with Crippen LogP contribution in [0.5, 0.6) is 0 Å². The molecule has 0 spiro atoms. The van der Waals surface area contributed by atoms with Crippen molar-refractivity contribution in [3.63, 3.8) is 0 Å². The minimum absolute atomic E-state index is 0.146. The maximum Gasteiger partial charge on any atom is 0.331 e. The Morgan fingerprint density at radius 3 is 2.72 bits per heavy atom. The molecule has 1 unspecified atom stereocenters. The third-order valence-corrected chi connectivity index (χ3v) is 3.75. The lowest BCUT2D eigenvalue weighted by atomic mass is 9.89. The van der Waals surface area contributed by atoms with E-state index in [1.54, 1.807) is 17.9 Å². The van der Waals surface area contributed by atoms with Gasteiger partial charge >= 0.3 is 5.97 Å². The number of aliphatic carboxylic acids is 1. The molecule has 0 bridgehead atoms. The summed E-state index contributed by atoms with van der Waals surface area (Å²) in [6.45, 7) is 7.10. The van der Waals surface area contributed by atoms with Gasteiger partial charge in [-0.2, -0.15) is 0 Å². The van der Waals surface area contributed by atoms with Crippen LogP contribution in [0, 0.1) is 11.8 Å². The fourth-order valence-electron chi connectivity index (χ4n) is 2.25. The van der Waals surface area contributed by atoms with Gasteiger partial charge in [-0.3, -0.25) is 4.79 Å². The van der Waals surface area contributed by atoms with Gasteiger partial charge in [-0.15, -0.1) is 0 Å². The number of likely N-dealkylation sites (tertiary alicyclic amines) is 1. The first kappa shape index (κ1) is 14.7. The van der Waals surface area contributed by atoms with Crippen LogP contribution < -0.4 is 0 Å². The van der Waals surface area contributed by atoms with Gasteiger partial charge in [0.25, 0.3) is 0 Å². The summed E-state index contributed by atoms with van der Waals surface area (Å²) in [5, 5.41) is 8.78. The first-order valence-corrected chi connectivity index (χ1v) is 6.59. The standard InChI is InChI=1S/C14H23NO3/c1-10(2)12-4-5-13(16)15(9-7-12)8-6-11(3)14(17)18/h6,10,12H,4-5,7-9H2,1-3H3,(H,17,18). The molecule has 18 heavy (non-hydrogen) atoms. The van der Waals surface area contributed by atoms with Crippen molar-refractivity contribution in [1.29, 1.82) is 0 Å². The lowest BCUT2D eigenvalue weighted by Crippen LogP contribution is -2.30. The van der Waals surface area contributed by atoms with Crippen molar-refractivity contribution in [1.82, 2.24) is 4.90 Å². The van der Waals surface area contributed by atoms with E-state index < -0.39 is 5.97 Å². The Bertz CT molecular complexity index is 347. The molecule has 0 aromatic rings. The second-order valence-electron chi connectivity index (χ2n) is 5.36. The number of hydrogen-bond acceptors (Lipinski definition) is 2. The molecular formula is C14H23NO3. The Morgan fingerprint density at radius 2 is 2.17 bits per heavy atom. The third-order valence-electron chi connectivity index (χ3n) is 3.75. The van der Waals surface area contributed by atoms with E-state index in [1.807, 2.05) is 0 Å². The van der Waals surface area contributed by atoms with Crippen LogP contribution in [0.1, 0.15) is 40.0 Å². The van der Waals surface area contributed by atoms with Gasteiger partial charge in [-0.1, -0.05) is 19.9 Å². The molecule has 102 valence electrons. The monoisotopic (exact) mass is 253 g/mol. The topological polar surface area (TPSA) is 57.6 Å². The highest BCUT2D eigenvalue weighted by Crippen LogP contribution is 2.25. The summed E-state index contributed by atoms with van der Waals surface area (Å²) in [7, 11) is 0. The molecule has 0 aromatic carbocycles. The zero-order chi connectivity index (χ0) is 13.7. The van der Waals surface area contributed by atoms with Crippen LogP contribution in [0.4, 0.5) is 0 Å². The Hall–Kier alpha value is -1.32. The highest BCUT2D eigenvalue weighted by Gasteiger charge is 2.23.